The molecule has 0 bridgehead atoms. The third-order valence-corrected chi connectivity index (χ3v) is 4.47. The molecule has 0 amide bonds. The van der Waals surface area contributed by atoms with Gasteiger partial charge in [-0.05, 0) is 37.0 Å². The molecule has 1 aromatic carbocycles. The second-order valence-corrected chi connectivity index (χ2v) is 5.72. The summed E-state index contributed by atoms with van der Waals surface area (Å²) in [5.74, 6) is 0. The number of benzene rings is 1. The van der Waals surface area contributed by atoms with Gasteiger partial charge in [0.05, 0.1) is 5.69 Å². The first-order valence-electron chi connectivity index (χ1n) is 6.93. The fraction of sp³-hybridized carbons (Fsp3) is 0.438. The Labute approximate surface area is 114 Å². The van der Waals surface area contributed by atoms with Gasteiger partial charge < -0.3 is 5.73 Å². The van der Waals surface area contributed by atoms with Gasteiger partial charge in [0.15, 0.2) is 0 Å². The van der Waals surface area contributed by atoms with Crippen LogP contribution in [0.5, 0.6) is 0 Å². The maximum Gasteiger partial charge on any atom is 0.0596 e. The Hall–Kier alpha value is -1.61. The van der Waals surface area contributed by atoms with Gasteiger partial charge >= 0.3 is 0 Å². The monoisotopic (exact) mass is 255 g/mol. The van der Waals surface area contributed by atoms with Crippen LogP contribution in [0.4, 0.5) is 0 Å². The predicted octanol–water partition coefficient (Wildman–Crippen LogP) is 2.11. The van der Waals surface area contributed by atoms with Gasteiger partial charge in [-0.1, -0.05) is 24.3 Å². The Morgan fingerprint density at radius 3 is 2.84 bits per heavy atom. The van der Waals surface area contributed by atoms with Crippen molar-refractivity contribution < 1.29 is 0 Å². The van der Waals surface area contributed by atoms with E-state index in [1.807, 2.05) is 18.7 Å². The summed E-state index contributed by atoms with van der Waals surface area (Å²) in [4.78, 5) is 0. The second kappa shape index (κ2) is 4.49. The van der Waals surface area contributed by atoms with E-state index in [2.05, 4.69) is 35.4 Å². The van der Waals surface area contributed by atoms with Gasteiger partial charge in [0.25, 0.3) is 0 Å². The summed E-state index contributed by atoms with van der Waals surface area (Å²) in [6, 6.07) is 10.9. The minimum Gasteiger partial charge on any atom is -0.330 e. The minimum atomic E-state index is 0.0941. The van der Waals surface area contributed by atoms with E-state index >= 15 is 0 Å². The van der Waals surface area contributed by atoms with Crippen LogP contribution < -0.4 is 5.73 Å². The van der Waals surface area contributed by atoms with E-state index in [0.29, 0.717) is 6.54 Å². The Morgan fingerprint density at radius 1 is 1.37 bits per heavy atom. The van der Waals surface area contributed by atoms with E-state index in [0.717, 1.165) is 25.0 Å². The molecule has 1 heterocycles. The smallest absolute Gasteiger partial charge is 0.0596 e. The molecule has 19 heavy (non-hydrogen) atoms. The molecule has 0 radical (unpaired) electrons. The summed E-state index contributed by atoms with van der Waals surface area (Å²) in [5.41, 5.74) is 11.5. The van der Waals surface area contributed by atoms with Gasteiger partial charge in [-0.15, -0.1) is 0 Å². The molecule has 0 saturated heterocycles. The van der Waals surface area contributed by atoms with Crippen LogP contribution in [0.25, 0.3) is 0 Å². The number of hydrogen-bond acceptors (Lipinski definition) is 2. The summed E-state index contributed by atoms with van der Waals surface area (Å²) in [6.07, 6.45) is 3.27. The number of aryl methyl sites for hydroxylation is 3. The van der Waals surface area contributed by atoms with Gasteiger partial charge in [0.1, 0.15) is 0 Å². The van der Waals surface area contributed by atoms with Crippen molar-refractivity contribution in [2.75, 3.05) is 6.54 Å². The van der Waals surface area contributed by atoms with Gasteiger partial charge in [-0.25, -0.2) is 0 Å². The first-order valence-corrected chi connectivity index (χ1v) is 6.93. The molecule has 0 saturated carbocycles. The average molecular weight is 255 g/mol. The van der Waals surface area contributed by atoms with Gasteiger partial charge in [-0.3, -0.25) is 4.68 Å². The molecule has 1 aliphatic carbocycles. The quantitative estimate of drug-likeness (QED) is 0.913. The number of nitrogens with two attached hydrogens (primary N) is 1. The number of nitrogens with zero attached hydrogens (tertiary/aromatic N) is 2. The second-order valence-electron chi connectivity index (χ2n) is 5.72. The first kappa shape index (κ1) is 12.4. The van der Waals surface area contributed by atoms with Crippen molar-refractivity contribution in [1.29, 1.82) is 0 Å². The molecule has 100 valence electrons. The fourth-order valence-corrected chi connectivity index (χ4v) is 3.41. The number of aromatic nitrogens is 2. The van der Waals surface area contributed by atoms with Gasteiger partial charge in [0, 0.05) is 31.1 Å². The normalized spacial score (nSPS) is 21.6. The topological polar surface area (TPSA) is 43.8 Å². The minimum absolute atomic E-state index is 0.0941. The van der Waals surface area contributed by atoms with E-state index in [1.165, 1.54) is 16.8 Å². The zero-order valence-electron chi connectivity index (χ0n) is 11.7. The maximum absolute atomic E-state index is 6.16. The van der Waals surface area contributed by atoms with Crippen LogP contribution in [0.15, 0.2) is 30.3 Å². The highest BCUT2D eigenvalue weighted by Crippen LogP contribution is 2.40. The van der Waals surface area contributed by atoms with Crippen molar-refractivity contribution in [3.05, 3.63) is 52.8 Å². The van der Waals surface area contributed by atoms with E-state index in [-0.39, 0.29) is 5.41 Å². The van der Waals surface area contributed by atoms with Crippen molar-refractivity contribution in [1.82, 2.24) is 9.78 Å². The van der Waals surface area contributed by atoms with Crippen molar-refractivity contribution in [3.63, 3.8) is 0 Å². The number of fused-ring (bicyclic) bond motifs is 1. The molecule has 1 unspecified atom stereocenters. The van der Waals surface area contributed by atoms with Crippen molar-refractivity contribution in [2.45, 2.75) is 31.6 Å². The lowest BCUT2D eigenvalue weighted by molar-refractivity contribution is 0.419. The van der Waals surface area contributed by atoms with E-state index in [1.54, 1.807) is 0 Å². The first-order chi connectivity index (χ1) is 9.14. The summed E-state index contributed by atoms with van der Waals surface area (Å²) in [5, 5.41) is 4.45. The molecule has 0 fully saturated rings. The van der Waals surface area contributed by atoms with Crippen molar-refractivity contribution >= 4 is 0 Å². The molecule has 3 rings (SSSR count). The Morgan fingerprint density at radius 2 is 2.16 bits per heavy atom. The highest BCUT2D eigenvalue weighted by atomic mass is 15.3. The maximum atomic E-state index is 6.16. The molecule has 1 aliphatic rings. The molecule has 2 N–H and O–H groups in total. The summed E-state index contributed by atoms with van der Waals surface area (Å²) >= 11 is 0. The lowest BCUT2D eigenvalue weighted by atomic mass is 9.78. The molecule has 0 spiro atoms. The number of hydrogen-bond donors (Lipinski definition) is 1. The molecule has 3 heteroatoms. The van der Waals surface area contributed by atoms with Crippen molar-refractivity contribution in [2.24, 2.45) is 12.8 Å². The van der Waals surface area contributed by atoms with Crippen LogP contribution in [0.2, 0.25) is 0 Å². The van der Waals surface area contributed by atoms with Crippen LogP contribution >= 0.6 is 0 Å². The third-order valence-electron chi connectivity index (χ3n) is 4.47. The lowest BCUT2D eigenvalue weighted by Gasteiger charge is -2.29. The number of rotatable bonds is 3. The van der Waals surface area contributed by atoms with Crippen LogP contribution in [-0.2, 0) is 25.3 Å². The van der Waals surface area contributed by atoms with Crippen LogP contribution in [0.3, 0.4) is 0 Å². The largest absolute Gasteiger partial charge is 0.330 e. The Kier molecular flexibility index (Phi) is 2.94. The van der Waals surface area contributed by atoms with Crippen molar-refractivity contribution in [3.8, 4) is 0 Å². The molecular weight excluding hydrogens is 234 g/mol. The summed E-state index contributed by atoms with van der Waals surface area (Å²) in [7, 11) is 2.02. The Bertz CT molecular complexity index is 600. The molecule has 1 aromatic heterocycles. The Balaban J connectivity index is 2.00. The molecule has 3 nitrogen and oxygen atoms in total. The third kappa shape index (κ3) is 1.98. The highest BCUT2D eigenvalue weighted by molar-refractivity contribution is 5.41. The molecule has 2 aromatic rings. The molecule has 1 atom stereocenters. The highest BCUT2D eigenvalue weighted by Gasteiger charge is 2.38. The zero-order valence-corrected chi connectivity index (χ0v) is 11.7. The van der Waals surface area contributed by atoms with E-state index in [9.17, 15) is 0 Å². The summed E-state index contributed by atoms with van der Waals surface area (Å²) < 4.78 is 1.99. The molecular formula is C16H21N3. The van der Waals surface area contributed by atoms with Gasteiger partial charge in [-0.2, -0.15) is 5.10 Å². The summed E-state index contributed by atoms with van der Waals surface area (Å²) in [6.45, 7) is 2.75. The SMILES string of the molecule is Cc1cc(CC2(CN)CCc3ccccc32)n(C)n1. The van der Waals surface area contributed by atoms with Gasteiger partial charge in [0.2, 0.25) is 0 Å². The molecule has 0 aliphatic heterocycles. The zero-order chi connectivity index (χ0) is 13.5. The predicted molar refractivity (Wildman–Crippen MR) is 77.1 cm³/mol. The standard InChI is InChI=1S/C16H21N3/c1-12-9-14(19(2)18-12)10-16(11-17)8-7-13-5-3-4-6-15(13)16/h3-6,9H,7-8,10-11,17H2,1-2H3. The van der Waals surface area contributed by atoms with Crippen LogP contribution in [-0.4, -0.2) is 16.3 Å². The van der Waals surface area contributed by atoms with E-state index < -0.39 is 0 Å². The average Bonchev–Trinajstić information content (AvgIpc) is 2.92. The lowest BCUT2D eigenvalue weighted by Crippen LogP contribution is -2.35. The van der Waals surface area contributed by atoms with Crippen LogP contribution in [0, 0.1) is 6.92 Å². The van der Waals surface area contributed by atoms with E-state index in [4.69, 9.17) is 5.73 Å². The van der Waals surface area contributed by atoms with Crippen LogP contribution in [0.1, 0.15) is 28.9 Å². The fourth-order valence-electron chi connectivity index (χ4n) is 3.41.